The Morgan fingerprint density at radius 1 is 0.812 bits per heavy atom. The fraction of sp³-hybridized carbons (Fsp3) is 0.625. The molecule has 0 saturated heterocycles. The molecular formula is C16H28N6O8S2. The number of aliphatic hydroxyl groups is 1. The molecule has 0 spiro atoms. The van der Waals surface area contributed by atoms with Gasteiger partial charge in [-0.3, -0.25) is 28.8 Å². The van der Waals surface area contributed by atoms with E-state index in [0.29, 0.717) is 0 Å². The van der Waals surface area contributed by atoms with Gasteiger partial charge in [0.2, 0.25) is 29.5 Å². The summed E-state index contributed by atoms with van der Waals surface area (Å²) in [5.41, 5.74) is 10.4. The molecule has 0 fully saturated rings. The molecule has 0 aromatic heterocycles. The molecule has 0 aliphatic rings. The standard InChI is InChI=1S/C16H28N6O8S2/c1-6(16(29)30)19-14(27)9(4-31)22-13(26)8(3-23)20-15(28)10(5-32)21-12(25)7(17)2-11(18)24/h6-10,23,31-32H,2-5,17H2,1H3,(H2,18,24)(H,19,27)(H,20,28)(H,21,25)(H,22,26)(H,29,30)/t6-,7-,8-,9-,10-/m0/s1. The summed E-state index contributed by atoms with van der Waals surface area (Å²) in [6.07, 6.45) is -0.456. The Hall–Kier alpha value is -2.56. The summed E-state index contributed by atoms with van der Waals surface area (Å²) >= 11 is 7.86. The number of carbonyl (C=O) groups excluding carboxylic acids is 5. The topological polar surface area (TPSA) is 243 Å². The zero-order valence-corrected chi connectivity index (χ0v) is 18.9. The minimum absolute atomic E-state index is 0.205. The van der Waals surface area contributed by atoms with Gasteiger partial charge in [0.1, 0.15) is 24.2 Å². The van der Waals surface area contributed by atoms with Crippen LogP contribution < -0.4 is 32.7 Å². The number of aliphatic carboxylic acids is 1. The summed E-state index contributed by atoms with van der Waals surface area (Å²) in [5.74, 6) is -6.10. The number of carbonyl (C=O) groups is 6. The van der Waals surface area contributed by atoms with Crippen LogP contribution in [-0.2, 0) is 28.8 Å². The number of carboxylic acid groups (broad SMARTS) is 1. The molecule has 182 valence electrons. The Labute approximate surface area is 194 Å². The van der Waals surface area contributed by atoms with Crippen molar-refractivity contribution in [2.24, 2.45) is 11.5 Å². The van der Waals surface area contributed by atoms with Crippen molar-refractivity contribution < 1.29 is 39.0 Å². The summed E-state index contributed by atoms with van der Waals surface area (Å²) in [4.78, 5) is 70.5. The lowest BCUT2D eigenvalue weighted by molar-refractivity contribution is -0.141. The van der Waals surface area contributed by atoms with Crippen LogP contribution in [0.3, 0.4) is 0 Å². The van der Waals surface area contributed by atoms with E-state index in [2.05, 4.69) is 46.5 Å². The van der Waals surface area contributed by atoms with Crippen molar-refractivity contribution in [3.8, 4) is 0 Å². The summed E-state index contributed by atoms with van der Waals surface area (Å²) in [5, 5.41) is 27.1. The maximum Gasteiger partial charge on any atom is 0.325 e. The third kappa shape index (κ3) is 10.2. The second-order valence-corrected chi connectivity index (χ2v) is 7.31. The first-order valence-corrected chi connectivity index (χ1v) is 10.4. The number of nitrogens with two attached hydrogens (primary N) is 2. The minimum Gasteiger partial charge on any atom is -0.480 e. The molecule has 0 rings (SSSR count). The maximum absolute atomic E-state index is 12.4. The largest absolute Gasteiger partial charge is 0.480 e. The Morgan fingerprint density at radius 2 is 1.22 bits per heavy atom. The van der Waals surface area contributed by atoms with Gasteiger partial charge in [0.15, 0.2) is 0 Å². The number of thiol groups is 2. The number of hydrogen-bond acceptors (Lipinski definition) is 10. The molecule has 5 atom stereocenters. The molecule has 0 heterocycles. The van der Waals surface area contributed by atoms with Crippen molar-refractivity contribution in [3.05, 3.63) is 0 Å². The molecule has 0 aromatic carbocycles. The molecule has 32 heavy (non-hydrogen) atoms. The average molecular weight is 497 g/mol. The Balaban J connectivity index is 5.06. The van der Waals surface area contributed by atoms with Crippen molar-refractivity contribution in [1.82, 2.24) is 21.3 Å². The zero-order valence-electron chi connectivity index (χ0n) is 17.1. The maximum atomic E-state index is 12.4. The molecule has 0 aliphatic heterocycles. The molecule has 14 nitrogen and oxygen atoms in total. The Bertz CT molecular complexity index is 725. The van der Waals surface area contributed by atoms with Crippen LogP contribution in [-0.4, -0.2) is 94.0 Å². The van der Waals surface area contributed by atoms with Crippen molar-refractivity contribution in [2.45, 2.75) is 43.6 Å². The molecule has 0 radical (unpaired) electrons. The number of primary amides is 1. The highest BCUT2D eigenvalue weighted by atomic mass is 32.1. The third-order valence-corrected chi connectivity index (χ3v) is 4.66. The van der Waals surface area contributed by atoms with Gasteiger partial charge in [0.05, 0.1) is 19.1 Å². The second kappa shape index (κ2) is 14.5. The van der Waals surface area contributed by atoms with Crippen molar-refractivity contribution >= 4 is 60.8 Å². The van der Waals surface area contributed by atoms with Gasteiger partial charge >= 0.3 is 5.97 Å². The molecule has 0 bridgehead atoms. The number of amides is 5. The second-order valence-electron chi connectivity index (χ2n) is 6.58. The monoisotopic (exact) mass is 496 g/mol. The summed E-state index contributed by atoms with van der Waals surface area (Å²) < 4.78 is 0. The van der Waals surface area contributed by atoms with Gasteiger partial charge in [-0.05, 0) is 6.92 Å². The smallest absolute Gasteiger partial charge is 0.325 e. The lowest BCUT2D eigenvalue weighted by Crippen LogP contribution is -2.60. The van der Waals surface area contributed by atoms with Crippen molar-refractivity contribution in [3.63, 3.8) is 0 Å². The van der Waals surface area contributed by atoms with Gasteiger partial charge in [0, 0.05) is 11.5 Å². The van der Waals surface area contributed by atoms with E-state index in [9.17, 15) is 33.9 Å². The van der Waals surface area contributed by atoms with E-state index in [4.69, 9.17) is 16.6 Å². The normalized spacial score (nSPS) is 15.3. The molecule has 0 aromatic rings. The first-order valence-electron chi connectivity index (χ1n) is 9.18. The van der Waals surface area contributed by atoms with Crippen LogP contribution in [0.2, 0.25) is 0 Å². The molecule has 5 amide bonds. The van der Waals surface area contributed by atoms with E-state index in [-0.39, 0.29) is 11.5 Å². The van der Waals surface area contributed by atoms with Gasteiger partial charge < -0.3 is 42.9 Å². The average Bonchev–Trinajstić information content (AvgIpc) is 2.72. The molecule has 16 heteroatoms. The van der Waals surface area contributed by atoms with Crippen molar-refractivity contribution in [2.75, 3.05) is 18.1 Å². The molecule has 0 saturated carbocycles. The predicted octanol–water partition coefficient (Wildman–Crippen LogP) is -4.92. The van der Waals surface area contributed by atoms with E-state index in [1.807, 2.05) is 0 Å². The SMILES string of the molecule is C[C@H](NC(=O)[C@H](CS)NC(=O)[C@H](CO)NC(=O)[C@H](CS)NC(=O)[C@@H](N)CC(N)=O)C(=O)O. The fourth-order valence-corrected chi connectivity index (χ4v) is 2.61. The van der Waals surface area contributed by atoms with E-state index in [1.54, 1.807) is 0 Å². The highest BCUT2D eigenvalue weighted by Gasteiger charge is 2.30. The third-order valence-electron chi connectivity index (χ3n) is 3.93. The number of carboxylic acids is 1. The fourth-order valence-electron chi connectivity index (χ4n) is 2.09. The van der Waals surface area contributed by atoms with Gasteiger partial charge in [-0.25, -0.2) is 0 Å². The van der Waals surface area contributed by atoms with E-state index in [0.717, 1.165) is 0 Å². The zero-order chi connectivity index (χ0) is 25.0. The summed E-state index contributed by atoms with van der Waals surface area (Å²) in [6, 6.07) is -6.58. The number of hydrogen-bond donors (Lipinski definition) is 10. The van der Waals surface area contributed by atoms with Gasteiger partial charge in [-0.15, -0.1) is 0 Å². The van der Waals surface area contributed by atoms with Crippen LogP contribution in [0.25, 0.3) is 0 Å². The summed E-state index contributed by atoms with van der Waals surface area (Å²) in [6.45, 7) is 0.355. The quantitative estimate of drug-likeness (QED) is 0.103. The van der Waals surface area contributed by atoms with Gasteiger partial charge in [-0.2, -0.15) is 25.3 Å². The predicted molar refractivity (Wildman–Crippen MR) is 118 cm³/mol. The highest BCUT2D eigenvalue weighted by molar-refractivity contribution is 7.80. The van der Waals surface area contributed by atoms with E-state index >= 15 is 0 Å². The van der Waals surface area contributed by atoms with E-state index < -0.39 is 78.7 Å². The van der Waals surface area contributed by atoms with Crippen LogP contribution >= 0.6 is 25.3 Å². The van der Waals surface area contributed by atoms with Crippen LogP contribution in [0.1, 0.15) is 13.3 Å². The minimum atomic E-state index is -1.52. The highest BCUT2D eigenvalue weighted by Crippen LogP contribution is 1.97. The van der Waals surface area contributed by atoms with Crippen LogP contribution in [0.4, 0.5) is 0 Å². The molecular weight excluding hydrogens is 468 g/mol. The molecule has 0 aliphatic carbocycles. The van der Waals surface area contributed by atoms with E-state index in [1.165, 1.54) is 6.92 Å². The summed E-state index contributed by atoms with van der Waals surface area (Å²) in [7, 11) is 0. The number of aliphatic hydroxyl groups excluding tert-OH is 1. The first kappa shape index (κ1) is 29.4. The lowest BCUT2D eigenvalue weighted by Gasteiger charge is -2.24. The number of nitrogens with one attached hydrogen (secondary N) is 4. The molecule has 0 unspecified atom stereocenters. The van der Waals surface area contributed by atoms with Crippen molar-refractivity contribution in [1.29, 1.82) is 0 Å². The Kier molecular flexibility index (Phi) is 13.3. The van der Waals surface area contributed by atoms with Crippen LogP contribution in [0.15, 0.2) is 0 Å². The number of rotatable bonds is 14. The van der Waals surface area contributed by atoms with Gasteiger partial charge in [-0.1, -0.05) is 0 Å². The van der Waals surface area contributed by atoms with Crippen LogP contribution in [0, 0.1) is 0 Å². The Morgan fingerprint density at radius 3 is 1.62 bits per heavy atom. The van der Waals surface area contributed by atoms with Crippen LogP contribution in [0.5, 0.6) is 0 Å². The lowest BCUT2D eigenvalue weighted by atomic mass is 10.1. The van der Waals surface area contributed by atoms with Gasteiger partial charge in [0.25, 0.3) is 0 Å². The first-order chi connectivity index (χ1) is 14.9. The molecule has 10 N–H and O–H groups in total.